The summed E-state index contributed by atoms with van der Waals surface area (Å²) < 4.78 is 19.7. The SMILES string of the molecule is O=C(Nc1c(C(=O)c2ccc(Br)cc2)oc2ccccc12)c1ccc(F)cc1. The largest absolute Gasteiger partial charge is 0.450 e. The van der Waals surface area contributed by atoms with E-state index in [0.29, 0.717) is 16.5 Å². The molecule has 1 heterocycles. The van der Waals surface area contributed by atoms with E-state index in [-0.39, 0.29) is 22.8 Å². The van der Waals surface area contributed by atoms with E-state index in [1.807, 2.05) is 0 Å². The van der Waals surface area contributed by atoms with Crippen LogP contribution in [-0.4, -0.2) is 11.7 Å². The Morgan fingerprint density at radius 1 is 0.857 bits per heavy atom. The lowest BCUT2D eigenvalue weighted by atomic mass is 10.1. The van der Waals surface area contributed by atoms with Crippen LogP contribution in [0.3, 0.4) is 0 Å². The zero-order chi connectivity index (χ0) is 19.7. The van der Waals surface area contributed by atoms with Crippen molar-refractivity contribution in [1.29, 1.82) is 0 Å². The molecule has 0 radical (unpaired) electrons. The Balaban J connectivity index is 1.77. The number of amides is 1. The van der Waals surface area contributed by atoms with Crippen LogP contribution in [0.2, 0.25) is 0 Å². The molecule has 1 aromatic heterocycles. The van der Waals surface area contributed by atoms with Crippen molar-refractivity contribution in [1.82, 2.24) is 0 Å². The van der Waals surface area contributed by atoms with Gasteiger partial charge in [-0.25, -0.2) is 4.39 Å². The van der Waals surface area contributed by atoms with Gasteiger partial charge in [0.15, 0.2) is 5.76 Å². The molecule has 1 N–H and O–H groups in total. The van der Waals surface area contributed by atoms with Gasteiger partial charge in [-0.1, -0.05) is 28.1 Å². The first-order chi connectivity index (χ1) is 13.5. The summed E-state index contributed by atoms with van der Waals surface area (Å²) >= 11 is 3.34. The molecule has 1 amide bonds. The third-order valence-electron chi connectivity index (χ3n) is 4.25. The molecule has 28 heavy (non-hydrogen) atoms. The summed E-state index contributed by atoms with van der Waals surface area (Å²) in [6.07, 6.45) is 0. The minimum absolute atomic E-state index is 0.0407. The predicted molar refractivity (Wildman–Crippen MR) is 108 cm³/mol. The Morgan fingerprint density at radius 2 is 1.50 bits per heavy atom. The Labute approximate surface area is 168 Å². The summed E-state index contributed by atoms with van der Waals surface area (Å²) in [5.41, 5.74) is 1.48. The van der Waals surface area contributed by atoms with Crippen LogP contribution in [0, 0.1) is 5.82 Å². The molecule has 4 aromatic rings. The van der Waals surface area contributed by atoms with Gasteiger partial charge >= 0.3 is 0 Å². The van der Waals surface area contributed by atoms with Crippen LogP contribution < -0.4 is 5.32 Å². The Hall–Kier alpha value is -3.25. The third kappa shape index (κ3) is 3.46. The average molecular weight is 438 g/mol. The van der Waals surface area contributed by atoms with E-state index in [0.717, 1.165) is 4.47 Å². The van der Waals surface area contributed by atoms with Crippen molar-refractivity contribution in [3.63, 3.8) is 0 Å². The predicted octanol–water partition coefficient (Wildman–Crippen LogP) is 5.82. The monoisotopic (exact) mass is 437 g/mol. The molecule has 6 heteroatoms. The van der Waals surface area contributed by atoms with Gasteiger partial charge in [0, 0.05) is 21.0 Å². The van der Waals surface area contributed by atoms with E-state index in [4.69, 9.17) is 4.42 Å². The lowest BCUT2D eigenvalue weighted by Crippen LogP contribution is -2.14. The molecular weight excluding hydrogens is 425 g/mol. The summed E-state index contributed by atoms with van der Waals surface area (Å²) in [4.78, 5) is 25.6. The van der Waals surface area contributed by atoms with Crippen LogP contribution in [0.25, 0.3) is 11.0 Å². The quantitative estimate of drug-likeness (QED) is 0.409. The summed E-state index contributed by atoms with van der Waals surface area (Å²) in [6.45, 7) is 0. The van der Waals surface area contributed by atoms with Crippen LogP contribution in [0.15, 0.2) is 81.7 Å². The van der Waals surface area contributed by atoms with Gasteiger partial charge in [-0.2, -0.15) is 0 Å². The maximum absolute atomic E-state index is 13.1. The molecular formula is C22H13BrFNO3. The number of nitrogens with one attached hydrogen (secondary N) is 1. The second-order valence-electron chi connectivity index (χ2n) is 6.10. The molecule has 4 nitrogen and oxygen atoms in total. The number of carbonyl (C=O) groups excluding carboxylic acids is 2. The second-order valence-corrected chi connectivity index (χ2v) is 7.02. The number of hydrogen-bond donors (Lipinski definition) is 1. The molecule has 0 unspecified atom stereocenters. The van der Waals surface area contributed by atoms with Crippen LogP contribution in [0.5, 0.6) is 0 Å². The van der Waals surface area contributed by atoms with Gasteiger partial charge in [0.2, 0.25) is 5.78 Å². The molecule has 0 aliphatic rings. The first kappa shape index (κ1) is 18.1. The summed E-state index contributed by atoms with van der Waals surface area (Å²) in [5.74, 6) is -1.20. The molecule has 0 spiro atoms. The van der Waals surface area contributed by atoms with Gasteiger partial charge in [-0.15, -0.1) is 0 Å². The number of para-hydroxylation sites is 1. The third-order valence-corrected chi connectivity index (χ3v) is 4.78. The van der Waals surface area contributed by atoms with Gasteiger partial charge in [0.05, 0.1) is 5.69 Å². The van der Waals surface area contributed by atoms with E-state index in [1.165, 1.54) is 24.3 Å². The van der Waals surface area contributed by atoms with E-state index in [2.05, 4.69) is 21.2 Å². The molecule has 0 saturated carbocycles. The van der Waals surface area contributed by atoms with E-state index in [9.17, 15) is 14.0 Å². The van der Waals surface area contributed by atoms with Crippen LogP contribution in [0.4, 0.5) is 10.1 Å². The number of furan rings is 1. The highest BCUT2D eigenvalue weighted by Crippen LogP contribution is 2.33. The lowest BCUT2D eigenvalue weighted by Gasteiger charge is -2.06. The zero-order valence-corrected chi connectivity index (χ0v) is 16.0. The topological polar surface area (TPSA) is 59.3 Å². The Kier molecular flexibility index (Phi) is 4.79. The van der Waals surface area contributed by atoms with Gasteiger partial charge in [0.25, 0.3) is 5.91 Å². The fourth-order valence-corrected chi connectivity index (χ4v) is 3.11. The zero-order valence-electron chi connectivity index (χ0n) is 14.4. The number of rotatable bonds is 4. The highest BCUT2D eigenvalue weighted by Gasteiger charge is 2.23. The minimum atomic E-state index is -0.462. The maximum Gasteiger partial charge on any atom is 0.255 e. The normalized spacial score (nSPS) is 10.8. The van der Waals surface area contributed by atoms with Gasteiger partial charge in [0.1, 0.15) is 11.4 Å². The van der Waals surface area contributed by atoms with E-state index < -0.39 is 11.7 Å². The van der Waals surface area contributed by atoms with Crippen LogP contribution in [-0.2, 0) is 0 Å². The van der Waals surface area contributed by atoms with Crippen molar-refractivity contribution in [2.24, 2.45) is 0 Å². The van der Waals surface area contributed by atoms with Gasteiger partial charge < -0.3 is 9.73 Å². The number of carbonyl (C=O) groups is 2. The first-order valence-corrected chi connectivity index (χ1v) is 9.21. The van der Waals surface area contributed by atoms with Crippen LogP contribution >= 0.6 is 15.9 Å². The Bertz CT molecular complexity index is 1180. The van der Waals surface area contributed by atoms with Gasteiger partial charge in [-0.3, -0.25) is 9.59 Å². The van der Waals surface area contributed by atoms with Crippen molar-refractivity contribution < 1.29 is 18.4 Å². The molecule has 0 aliphatic carbocycles. The molecule has 3 aromatic carbocycles. The maximum atomic E-state index is 13.1. The highest BCUT2D eigenvalue weighted by molar-refractivity contribution is 9.10. The van der Waals surface area contributed by atoms with Crippen molar-refractivity contribution in [3.8, 4) is 0 Å². The lowest BCUT2D eigenvalue weighted by molar-refractivity contribution is 0.101. The Morgan fingerprint density at radius 3 is 2.21 bits per heavy atom. The van der Waals surface area contributed by atoms with E-state index in [1.54, 1.807) is 48.5 Å². The number of hydrogen-bond acceptors (Lipinski definition) is 3. The number of fused-ring (bicyclic) bond motifs is 1. The fraction of sp³-hybridized carbons (Fsp3) is 0. The van der Waals surface area contributed by atoms with Crippen LogP contribution in [0.1, 0.15) is 26.5 Å². The molecule has 0 atom stereocenters. The molecule has 0 bridgehead atoms. The molecule has 0 aliphatic heterocycles. The molecule has 4 rings (SSSR count). The summed E-state index contributed by atoms with van der Waals surface area (Å²) in [6, 6.07) is 19.1. The number of anilines is 1. The average Bonchev–Trinajstić information content (AvgIpc) is 3.07. The van der Waals surface area contributed by atoms with Crippen molar-refractivity contribution in [3.05, 3.63) is 100.0 Å². The first-order valence-electron chi connectivity index (χ1n) is 8.41. The summed E-state index contributed by atoms with van der Waals surface area (Å²) in [7, 11) is 0. The highest BCUT2D eigenvalue weighted by atomic mass is 79.9. The smallest absolute Gasteiger partial charge is 0.255 e. The minimum Gasteiger partial charge on any atom is -0.450 e. The van der Waals surface area contributed by atoms with Crippen molar-refractivity contribution in [2.45, 2.75) is 0 Å². The van der Waals surface area contributed by atoms with Crippen molar-refractivity contribution >= 4 is 44.3 Å². The standard InChI is InChI=1S/C22H13BrFNO3/c23-15-9-5-13(6-10-15)20(26)21-19(17-3-1-2-4-18(17)28-21)25-22(27)14-7-11-16(24)12-8-14/h1-12H,(H,25,27). The number of halogens is 2. The van der Waals surface area contributed by atoms with Crippen molar-refractivity contribution in [2.75, 3.05) is 5.32 Å². The van der Waals surface area contributed by atoms with E-state index >= 15 is 0 Å². The molecule has 0 fully saturated rings. The van der Waals surface area contributed by atoms with Gasteiger partial charge in [-0.05, 0) is 60.7 Å². The number of benzene rings is 3. The molecule has 0 saturated heterocycles. The number of ketones is 1. The summed E-state index contributed by atoms with van der Waals surface area (Å²) in [5, 5.41) is 3.36. The second kappa shape index (κ2) is 7.40. The fourth-order valence-electron chi connectivity index (χ4n) is 2.85. The molecule has 138 valence electrons.